The zero-order valence-electron chi connectivity index (χ0n) is 17.4. The largest absolute Gasteiger partial charge is 0.395 e. The van der Waals surface area contributed by atoms with Gasteiger partial charge in [-0.25, -0.2) is 0 Å². The van der Waals surface area contributed by atoms with E-state index in [4.69, 9.17) is 10.6 Å². The number of rotatable bonds is 3. The number of hydrogen-bond acceptors (Lipinski definition) is 4. The molecule has 29 heavy (non-hydrogen) atoms. The Balaban J connectivity index is 0.00000240. The Bertz CT molecular complexity index is 724. The minimum atomic E-state index is -1.51. The normalized spacial score (nSPS) is 42.6. The molecule has 0 spiro atoms. The summed E-state index contributed by atoms with van der Waals surface area (Å²) in [6, 6.07) is 0. The first-order valence-electron chi connectivity index (χ1n) is 10.8. The Morgan fingerprint density at radius 1 is 1.17 bits per heavy atom. The third-order valence-electron chi connectivity index (χ3n) is 8.71. The van der Waals surface area contributed by atoms with Gasteiger partial charge in [0.15, 0.2) is 0 Å². The van der Waals surface area contributed by atoms with Crippen LogP contribution in [-0.2, 0) is 9.63 Å². The molecule has 0 heterocycles. The molecule has 2 N–H and O–H groups in total. The first-order valence-corrected chi connectivity index (χ1v) is 10.8. The Morgan fingerprint density at radius 2 is 1.93 bits per heavy atom. The summed E-state index contributed by atoms with van der Waals surface area (Å²) >= 11 is 0. The van der Waals surface area contributed by atoms with Gasteiger partial charge in [-0.15, -0.1) is 12.4 Å². The van der Waals surface area contributed by atoms with Gasteiger partial charge in [0, 0.05) is 18.4 Å². The molecular weight excluding hydrogens is 398 g/mol. The average Bonchev–Trinajstić information content (AvgIpc) is 2.96. The Kier molecular flexibility index (Phi) is 6.45. The molecule has 4 aliphatic rings. The van der Waals surface area contributed by atoms with E-state index in [-0.39, 0.29) is 47.3 Å². The van der Waals surface area contributed by atoms with E-state index in [0.29, 0.717) is 31.6 Å². The van der Waals surface area contributed by atoms with Crippen LogP contribution in [0.2, 0.25) is 0 Å². The molecule has 164 valence electrons. The molecule has 6 atom stereocenters. The molecule has 0 aliphatic heterocycles. The molecule has 0 radical (unpaired) electrons. The predicted octanol–water partition coefficient (Wildman–Crippen LogP) is 5.11. The number of Topliss-reactive ketones (excluding diaryl/α,β-unsaturated/α-hetero) is 1. The maximum Gasteiger partial charge on any atom is 0.269 e. The van der Waals surface area contributed by atoms with Gasteiger partial charge < -0.3 is 10.6 Å². The van der Waals surface area contributed by atoms with E-state index in [1.54, 1.807) is 0 Å². The molecule has 0 amide bonds. The average molecular weight is 431 g/mol. The van der Waals surface area contributed by atoms with Crippen molar-refractivity contribution in [1.82, 2.24) is 0 Å². The topological polar surface area (TPSA) is 64.7 Å². The summed E-state index contributed by atoms with van der Waals surface area (Å²) < 4.78 is 28.3. The van der Waals surface area contributed by atoms with Crippen LogP contribution in [0.4, 0.5) is 8.78 Å². The third-order valence-corrected chi connectivity index (χ3v) is 8.71. The SMILES string of the molecule is C[C@]12CCC(=NOCCN)CC1CC(=C(F)F)[C@@H]1[C@H]2CC[C@]2(C)C(=O)CC[C@@H]12.Cl. The van der Waals surface area contributed by atoms with Gasteiger partial charge in [0.2, 0.25) is 0 Å². The standard InChI is InChI=1S/C22H32F2N2O2.ClH/c1-21-7-5-14(26-28-10-9-25)11-13(21)12-15(20(23)24)19-16-3-4-18(27)22(16,2)8-6-17(19)21;/h13,16-17,19H,3-12,25H2,1-2H3;1H/t13?,16-,17+,19-,21-,22-;/m0./s1. The van der Waals surface area contributed by atoms with Gasteiger partial charge in [0.05, 0.1) is 5.71 Å². The molecule has 0 saturated heterocycles. The predicted molar refractivity (Wildman–Crippen MR) is 111 cm³/mol. The molecule has 4 nitrogen and oxygen atoms in total. The Hall–Kier alpha value is -1.01. The maximum absolute atomic E-state index is 14.1. The molecule has 4 saturated carbocycles. The van der Waals surface area contributed by atoms with Crippen LogP contribution < -0.4 is 5.73 Å². The smallest absolute Gasteiger partial charge is 0.269 e. The summed E-state index contributed by atoms with van der Waals surface area (Å²) in [6.45, 7) is 5.14. The van der Waals surface area contributed by atoms with Crippen LogP contribution in [0.3, 0.4) is 0 Å². The van der Waals surface area contributed by atoms with Gasteiger partial charge in [0.25, 0.3) is 6.08 Å². The van der Waals surface area contributed by atoms with Crippen molar-refractivity contribution in [3.63, 3.8) is 0 Å². The lowest BCUT2D eigenvalue weighted by Gasteiger charge is -2.60. The second-order valence-corrected chi connectivity index (χ2v) is 9.83. The summed E-state index contributed by atoms with van der Waals surface area (Å²) in [5.41, 5.74) is 6.39. The van der Waals surface area contributed by atoms with Gasteiger partial charge in [-0.1, -0.05) is 19.0 Å². The highest BCUT2D eigenvalue weighted by Gasteiger charge is 2.62. The van der Waals surface area contributed by atoms with E-state index in [2.05, 4.69) is 12.1 Å². The van der Waals surface area contributed by atoms with E-state index >= 15 is 0 Å². The number of halogens is 3. The lowest BCUT2D eigenvalue weighted by Crippen LogP contribution is -2.54. The molecule has 0 bridgehead atoms. The molecule has 0 aromatic carbocycles. The molecule has 4 aliphatic carbocycles. The van der Waals surface area contributed by atoms with Crippen molar-refractivity contribution in [3.8, 4) is 0 Å². The zero-order chi connectivity index (χ0) is 20.1. The number of carbonyl (C=O) groups is 1. The van der Waals surface area contributed by atoms with Crippen LogP contribution in [-0.4, -0.2) is 24.6 Å². The van der Waals surface area contributed by atoms with Crippen molar-refractivity contribution in [1.29, 1.82) is 0 Å². The fourth-order valence-electron chi connectivity index (χ4n) is 7.05. The number of oxime groups is 1. The van der Waals surface area contributed by atoms with Crippen molar-refractivity contribution >= 4 is 23.9 Å². The molecule has 0 aromatic rings. The molecule has 4 rings (SSSR count). The van der Waals surface area contributed by atoms with Gasteiger partial charge >= 0.3 is 0 Å². The summed E-state index contributed by atoms with van der Waals surface area (Å²) in [6.07, 6.45) is 4.52. The van der Waals surface area contributed by atoms with Crippen LogP contribution in [0, 0.1) is 34.5 Å². The van der Waals surface area contributed by atoms with Crippen molar-refractivity contribution in [3.05, 3.63) is 11.7 Å². The minimum Gasteiger partial charge on any atom is -0.395 e. The van der Waals surface area contributed by atoms with E-state index in [0.717, 1.165) is 44.2 Å². The number of ketones is 1. The van der Waals surface area contributed by atoms with Crippen molar-refractivity contribution in [2.24, 2.45) is 45.4 Å². The monoisotopic (exact) mass is 430 g/mol. The highest BCUT2D eigenvalue weighted by atomic mass is 35.5. The van der Waals surface area contributed by atoms with E-state index in [1.807, 2.05) is 6.92 Å². The molecule has 7 heteroatoms. The van der Waals surface area contributed by atoms with Crippen LogP contribution in [0.5, 0.6) is 0 Å². The number of carbonyl (C=O) groups excluding carboxylic acids is 1. The quantitative estimate of drug-likeness (QED) is 0.499. The summed E-state index contributed by atoms with van der Waals surface area (Å²) in [5, 5.41) is 4.23. The number of nitrogens with zero attached hydrogens (tertiary/aromatic N) is 1. The summed E-state index contributed by atoms with van der Waals surface area (Å²) in [7, 11) is 0. The lowest BCUT2D eigenvalue weighted by molar-refractivity contribution is -0.133. The number of nitrogens with two attached hydrogens (primary N) is 1. The number of allylic oxidation sites excluding steroid dienone is 1. The number of hydrogen-bond donors (Lipinski definition) is 1. The highest BCUT2D eigenvalue weighted by Crippen LogP contribution is 2.67. The van der Waals surface area contributed by atoms with Crippen LogP contribution >= 0.6 is 12.4 Å². The van der Waals surface area contributed by atoms with Crippen molar-refractivity contribution in [2.45, 2.75) is 65.2 Å². The third kappa shape index (κ3) is 3.54. The maximum atomic E-state index is 14.1. The lowest BCUT2D eigenvalue weighted by atomic mass is 9.44. The van der Waals surface area contributed by atoms with Gasteiger partial charge in [0.1, 0.15) is 12.4 Å². The van der Waals surface area contributed by atoms with Crippen LogP contribution in [0.25, 0.3) is 0 Å². The molecular formula is C22H33ClF2N2O2. The Labute approximate surface area is 178 Å². The Morgan fingerprint density at radius 3 is 2.62 bits per heavy atom. The molecule has 4 fully saturated rings. The fraction of sp³-hybridized carbons (Fsp3) is 0.818. The fourth-order valence-corrected chi connectivity index (χ4v) is 7.05. The summed E-state index contributed by atoms with van der Waals surface area (Å²) in [5.74, 6) is 0.635. The van der Waals surface area contributed by atoms with E-state index in [1.165, 1.54) is 0 Å². The minimum absolute atomic E-state index is 0. The van der Waals surface area contributed by atoms with Crippen LogP contribution in [0.1, 0.15) is 65.2 Å². The van der Waals surface area contributed by atoms with Gasteiger partial charge in [-0.05, 0) is 79.6 Å². The van der Waals surface area contributed by atoms with E-state index in [9.17, 15) is 13.6 Å². The second kappa shape index (κ2) is 8.26. The summed E-state index contributed by atoms with van der Waals surface area (Å²) in [4.78, 5) is 17.8. The molecule has 1 unspecified atom stereocenters. The van der Waals surface area contributed by atoms with Gasteiger partial charge in [-0.2, -0.15) is 8.78 Å². The van der Waals surface area contributed by atoms with Crippen molar-refractivity contribution < 1.29 is 18.4 Å². The highest BCUT2D eigenvalue weighted by molar-refractivity contribution is 5.87. The number of fused-ring (bicyclic) bond motifs is 5. The van der Waals surface area contributed by atoms with E-state index < -0.39 is 11.5 Å². The zero-order valence-corrected chi connectivity index (χ0v) is 18.2. The van der Waals surface area contributed by atoms with Gasteiger partial charge in [-0.3, -0.25) is 4.79 Å². The first-order chi connectivity index (χ1) is 13.3. The molecule has 0 aromatic heterocycles. The second-order valence-electron chi connectivity index (χ2n) is 9.83. The van der Waals surface area contributed by atoms with Crippen molar-refractivity contribution in [2.75, 3.05) is 13.2 Å². The first kappa shape index (κ1) is 22.7. The van der Waals surface area contributed by atoms with Crippen LogP contribution in [0.15, 0.2) is 16.8 Å².